The molecule has 0 aliphatic heterocycles. The molecule has 0 aliphatic rings. The van der Waals surface area contributed by atoms with Crippen LogP contribution in [-0.2, 0) is 0 Å². The van der Waals surface area contributed by atoms with Crippen molar-refractivity contribution in [3.8, 4) is 61.8 Å². The van der Waals surface area contributed by atoms with E-state index < -0.39 is 0 Å². The number of para-hydroxylation sites is 3. The summed E-state index contributed by atoms with van der Waals surface area (Å²) in [7, 11) is 0. The van der Waals surface area contributed by atoms with E-state index in [0.29, 0.717) is 5.82 Å². The summed E-state index contributed by atoms with van der Waals surface area (Å²) < 4.78 is 2.38. The Morgan fingerprint density at radius 1 is 0.311 bits per heavy atom. The molecule has 3 nitrogen and oxygen atoms in total. The average Bonchev–Trinajstić information content (AvgIpc) is 3.68. The predicted molar refractivity (Wildman–Crippen MR) is 256 cm³/mol. The van der Waals surface area contributed by atoms with Gasteiger partial charge in [0.25, 0.3) is 0 Å². The predicted octanol–water partition coefficient (Wildman–Crippen LogP) is 15.4. The molecule has 2 heterocycles. The van der Waals surface area contributed by atoms with Gasteiger partial charge in [0.15, 0.2) is 5.82 Å². The van der Waals surface area contributed by atoms with Gasteiger partial charge in [-0.2, -0.15) is 0 Å². The second-order valence-corrected chi connectivity index (χ2v) is 15.7. The molecule has 0 bridgehead atoms. The zero-order valence-electron chi connectivity index (χ0n) is 33.2. The van der Waals surface area contributed by atoms with Gasteiger partial charge in [-0.1, -0.05) is 188 Å². The number of rotatable bonds is 6. The summed E-state index contributed by atoms with van der Waals surface area (Å²) in [5, 5.41) is 9.86. The summed E-state index contributed by atoms with van der Waals surface area (Å²) in [5.74, 6) is 0.678. The Labute approximate surface area is 353 Å². The van der Waals surface area contributed by atoms with E-state index in [4.69, 9.17) is 9.97 Å². The molecule has 3 heteroatoms. The lowest BCUT2D eigenvalue weighted by Gasteiger charge is -2.15. The Kier molecular flexibility index (Phi) is 8.17. The van der Waals surface area contributed by atoms with Crippen molar-refractivity contribution < 1.29 is 0 Å². The Morgan fingerprint density at radius 3 is 1.77 bits per heavy atom. The third-order valence-corrected chi connectivity index (χ3v) is 12.2. The highest BCUT2D eigenvalue weighted by Gasteiger charge is 2.20. The van der Waals surface area contributed by atoms with E-state index in [-0.39, 0.29) is 0 Å². The molecule has 284 valence electrons. The van der Waals surface area contributed by atoms with Crippen molar-refractivity contribution in [2.45, 2.75) is 0 Å². The van der Waals surface area contributed by atoms with E-state index in [1.807, 2.05) is 0 Å². The van der Waals surface area contributed by atoms with Gasteiger partial charge in [-0.3, -0.25) is 0 Å². The standard InChI is InChI=1S/C58H37N3/c1-3-15-38(16-4-1)42-19-13-20-44(35-42)53-37-54(51-27-14-26-50-48-25-11-12-28-55(48)61(57(50)51)45-21-5-2-6-22-45)60-58(59-53)41-31-29-40(30-32-41)56-47-24-10-8-18-43(47)36-52-46-23-9-7-17-39(46)33-34-49(52)56/h1-37H. The number of nitrogens with zero attached hydrogens (tertiary/aromatic N) is 3. The van der Waals surface area contributed by atoms with E-state index in [9.17, 15) is 0 Å². The van der Waals surface area contributed by atoms with Crippen LogP contribution in [0, 0.1) is 0 Å². The van der Waals surface area contributed by atoms with Crippen molar-refractivity contribution >= 4 is 54.1 Å². The Hall–Kier alpha value is -8.14. The van der Waals surface area contributed by atoms with E-state index in [1.54, 1.807) is 0 Å². The lowest BCUT2D eigenvalue weighted by atomic mass is 9.89. The maximum absolute atomic E-state index is 5.45. The molecule has 10 aromatic carbocycles. The second-order valence-electron chi connectivity index (χ2n) is 15.7. The molecule has 12 aromatic rings. The van der Waals surface area contributed by atoms with Crippen molar-refractivity contribution in [3.63, 3.8) is 0 Å². The van der Waals surface area contributed by atoms with Gasteiger partial charge < -0.3 is 4.57 Å². The average molecular weight is 776 g/mol. The van der Waals surface area contributed by atoms with Crippen LogP contribution in [0.3, 0.4) is 0 Å². The Morgan fingerprint density at radius 2 is 0.934 bits per heavy atom. The van der Waals surface area contributed by atoms with Crippen molar-refractivity contribution in [1.82, 2.24) is 14.5 Å². The van der Waals surface area contributed by atoms with Gasteiger partial charge in [0.1, 0.15) is 0 Å². The monoisotopic (exact) mass is 775 g/mol. The smallest absolute Gasteiger partial charge is 0.160 e. The van der Waals surface area contributed by atoms with Gasteiger partial charge in [0.2, 0.25) is 0 Å². The number of fused-ring (bicyclic) bond motifs is 7. The Bertz CT molecular complexity index is 3620. The molecule has 0 unspecified atom stereocenters. The first-order valence-electron chi connectivity index (χ1n) is 20.8. The molecular formula is C58H37N3. The summed E-state index contributed by atoms with van der Waals surface area (Å²) in [6.07, 6.45) is 0. The molecule has 0 atom stereocenters. The molecule has 0 aliphatic carbocycles. The number of hydrogen-bond acceptors (Lipinski definition) is 2. The van der Waals surface area contributed by atoms with Crippen LogP contribution in [-0.4, -0.2) is 14.5 Å². The van der Waals surface area contributed by atoms with Crippen molar-refractivity contribution in [2.75, 3.05) is 0 Å². The van der Waals surface area contributed by atoms with E-state index >= 15 is 0 Å². The molecule has 0 radical (unpaired) electrons. The largest absolute Gasteiger partial charge is 0.309 e. The maximum Gasteiger partial charge on any atom is 0.160 e. The normalized spacial score (nSPS) is 11.6. The summed E-state index contributed by atoms with van der Waals surface area (Å²) >= 11 is 0. The zero-order chi connectivity index (χ0) is 40.3. The first kappa shape index (κ1) is 34.9. The van der Waals surface area contributed by atoms with Gasteiger partial charge in [-0.15, -0.1) is 0 Å². The van der Waals surface area contributed by atoms with E-state index in [2.05, 4.69) is 229 Å². The van der Waals surface area contributed by atoms with Gasteiger partial charge in [0, 0.05) is 33.2 Å². The molecule has 0 N–H and O–H groups in total. The molecular weight excluding hydrogens is 739 g/mol. The first-order chi connectivity index (χ1) is 30.2. The zero-order valence-corrected chi connectivity index (χ0v) is 33.2. The third kappa shape index (κ3) is 5.90. The number of benzene rings is 10. The lowest BCUT2D eigenvalue weighted by molar-refractivity contribution is 1.16. The molecule has 0 saturated carbocycles. The molecule has 2 aromatic heterocycles. The van der Waals surface area contributed by atoms with Gasteiger partial charge >= 0.3 is 0 Å². The minimum absolute atomic E-state index is 0.678. The van der Waals surface area contributed by atoms with Crippen LogP contribution >= 0.6 is 0 Å². The summed E-state index contributed by atoms with van der Waals surface area (Å²) in [6.45, 7) is 0. The maximum atomic E-state index is 5.45. The van der Waals surface area contributed by atoms with E-state index in [1.165, 1.54) is 54.2 Å². The van der Waals surface area contributed by atoms with Gasteiger partial charge in [-0.25, -0.2) is 9.97 Å². The highest BCUT2D eigenvalue weighted by molar-refractivity contribution is 6.20. The van der Waals surface area contributed by atoms with Crippen LogP contribution in [0.1, 0.15) is 0 Å². The minimum Gasteiger partial charge on any atom is -0.309 e. The van der Waals surface area contributed by atoms with Crippen LogP contribution < -0.4 is 0 Å². The summed E-state index contributed by atoms with van der Waals surface area (Å²) in [5.41, 5.74) is 12.9. The first-order valence-corrected chi connectivity index (χ1v) is 20.8. The topological polar surface area (TPSA) is 30.7 Å². The number of aromatic nitrogens is 3. The SMILES string of the molecule is c1ccc(-c2cccc(-c3cc(-c4cccc5c6ccccc6n(-c6ccccc6)c45)nc(-c4ccc(-c5c6ccccc6cc6c5ccc5ccccc56)cc4)n3)c2)cc1. The van der Waals surface area contributed by atoms with Gasteiger partial charge in [-0.05, 0) is 91.0 Å². The quantitative estimate of drug-likeness (QED) is 0.124. The number of hydrogen-bond donors (Lipinski definition) is 0. The van der Waals surface area contributed by atoms with Crippen LogP contribution in [0.5, 0.6) is 0 Å². The third-order valence-electron chi connectivity index (χ3n) is 12.2. The fourth-order valence-electron chi connectivity index (χ4n) is 9.34. The van der Waals surface area contributed by atoms with Crippen molar-refractivity contribution in [2.24, 2.45) is 0 Å². The van der Waals surface area contributed by atoms with Crippen LogP contribution in [0.4, 0.5) is 0 Å². The molecule has 61 heavy (non-hydrogen) atoms. The minimum atomic E-state index is 0.678. The molecule has 0 fully saturated rings. The van der Waals surface area contributed by atoms with Gasteiger partial charge in [0.05, 0.1) is 22.4 Å². The highest BCUT2D eigenvalue weighted by Crippen LogP contribution is 2.42. The lowest BCUT2D eigenvalue weighted by Crippen LogP contribution is -1.99. The summed E-state index contributed by atoms with van der Waals surface area (Å²) in [4.78, 5) is 10.8. The molecule has 12 rings (SSSR count). The highest BCUT2D eigenvalue weighted by atomic mass is 15.0. The summed E-state index contributed by atoms with van der Waals surface area (Å²) in [6, 6.07) is 80.4. The fourth-order valence-corrected chi connectivity index (χ4v) is 9.34. The molecule has 0 spiro atoms. The van der Waals surface area contributed by atoms with Crippen LogP contribution in [0.2, 0.25) is 0 Å². The van der Waals surface area contributed by atoms with Crippen molar-refractivity contribution in [1.29, 1.82) is 0 Å². The second kappa shape index (κ2) is 14.3. The molecule has 0 amide bonds. The van der Waals surface area contributed by atoms with Crippen molar-refractivity contribution in [3.05, 3.63) is 224 Å². The fraction of sp³-hybridized carbons (Fsp3) is 0. The molecule has 0 saturated heterocycles. The van der Waals surface area contributed by atoms with E-state index in [0.717, 1.165) is 55.9 Å². The van der Waals surface area contributed by atoms with Crippen LogP contribution in [0.25, 0.3) is 116 Å². The van der Waals surface area contributed by atoms with Crippen LogP contribution in [0.15, 0.2) is 224 Å². The Balaban J connectivity index is 1.07.